The lowest BCUT2D eigenvalue weighted by Gasteiger charge is -2.52. The van der Waals surface area contributed by atoms with Gasteiger partial charge >= 0.3 is 0 Å². The quantitative estimate of drug-likeness (QED) is 0.799. The lowest BCUT2D eigenvalue weighted by atomic mass is 9.72. The summed E-state index contributed by atoms with van der Waals surface area (Å²) in [4.78, 5) is 25.3. The molecule has 2 aliphatic rings. The largest absolute Gasteiger partial charge is 0.497 e. The topological polar surface area (TPSA) is 58.6 Å². The molecule has 6 nitrogen and oxygen atoms in total. The van der Waals surface area contributed by atoms with Crippen molar-refractivity contribution in [3.8, 4) is 5.75 Å². The first-order valence-electron chi connectivity index (χ1n) is 8.64. The van der Waals surface area contributed by atoms with Gasteiger partial charge in [0.15, 0.2) is 0 Å². The van der Waals surface area contributed by atoms with Gasteiger partial charge in [-0.25, -0.2) is 9.97 Å². The number of amides is 1. The molecule has 130 valence electrons. The molecule has 0 N–H and O–H groups in total. The SMILES string of the molecule is COc1ccc(CN2CCCC3(C2)CN(c2ncccn2)C3=O)cc1. The Morgan fingerprint density at radius 2 is 1.92 bits per heavy atom. The Hall–Kier alpha value is -2.47. The smallest absolute Gasteiger partial charge is 0.238 e. The summed E-state index contributed by atoms with van der Waals surface area (Å²) < 4.78 is 5.21. The van der Waals surface area contributed by atoms with Gasteiger partial charge in [0, 0.05) is 32.0 Å². The molecule has 1 unspecified atom stereocenters. The van der Waals surface area contributed by atoms with Crippen LogP contribution in [0.25, 0.3) is 0 Å². The average molecular weight is 338 g/mol. The molecule has 1 spiro atoms. The van der Waals surface area contributed by atoms with E-state index < -0.39 is 0 Å². The van der Waals surface area contributed by atoms with E-state index in [1.165, 1.54) is 5.56 Å². The highest BCUT2D eigenvalue weighted by molar-refractivity contribution is 6.03. The third-order valence-electron chi connectivity index (χ3n) is 5.17. The minimum Gasteiger partial charge on any atom is -0.497 e. The maximum Gasteiger partial charge on any atom is 0.238 e. The van der Waals surface area contributed by atoms with Gasteiger partial charge in [-0.1, -0.05) is 12.1 Å². The van der Waals surface area contributed by atoms with Gasteiger partial charge in [-0.2, -0.15) is 0 Å². The van der Waals surface area contributed by atoms with E-state index in [1.807, 2.05) is 12.1 Å². The molecule has 1 amide bonds. The van der Waals surface area contributed by atoms with E-state index in [2.05, 4.69) is 27.0 Å². The van der Waals surface area contributed by atoms with Crippen molar-refractivity contribution in [1.82, 2.24) is 14.9 Å². The summed E-state index contributed by atoms with van der Waals surface area (Å²) in [7, 11) is 1.67. The van der Waals surface area contributed by atoms with Crippen molar-refractivity contribution >= 4 is 11.9 Å². The van der Waals surface area contributed by atoms with Gasteiger partial charge < -0.3 is 4.74 Å². The van der Waals surface area contributed by atoms with E-state index in [-0.39, 0.29) is 11.3 Å². The summed E-state index contributed by atoms with van der Waals surface area (Å²) in [5.41, 5.74) is 0.983. The van der Waals surface area contributed by atoms with Crippen LogP contribution in [0, 0.1) is 5.41 Å². The van der Waals surface area contributed by atoms with E-state index in [0.717, 1.165) is 44.8 Å². The van der Waals surface area contributed by atoms with E-state index in [1.54, 1.807) is 30.5 Å². The Balaban J connectivity index is 1.42. The molecule has 0 bridgehead atoms. The first kappa shape index (κ1) is 16.0. The molecular weight excluding hydrogens is 316 g/mol. The number of nitrogens with zero attached hydrogens (tertiary/aromatic N) is 4. The second kappa shape index (κ2) is 6.44. The van der Waals surface area contributed by atoms with Crippen LogP contribution in [0.2, 0.25) is 0 Å². The Morgan fingerprint density at radius 1 is 1.16 bits per heavy atom. The summed E-state index contributed by atoms with van der Waals surface area (Å²) in [5, 5.41) is 0. The highest BCUT2D eigenvalue weighted by Crippen LogP contribution is 2.41. The predicted octanol–water partition coefficient (Wildman–Crippen LogP) is 2.11. The van der Waals surface area contributed by atoms with E-state index in [0.29, 0.717) is 5.95 Å². The number of methoxy groups -OCH3 is 1. The minimum atomic E-state index is -0.260. The number of benzene rings is 1. The highest BCUT2D eigenvalue weighted by atomic mass is 16.5. The Bertz CT molecular complexity index is 750. The number of rotatable bonds is 4. The van der Waals surface area contributed by atoms with Crippen LogP contribution in [0.15, 0.2) is 42.7 Å². The molecular formula is C19H22N4O2. The summed E-state index contributed by atoms with van der Waals surface area (Å²) >= 11 is 0. The van der Waals surface area contributed by atoms with Crippen LogP contribution in [-0.2, 0) is 11.3 Å². The molecule has 0 saturated carbocycles. The van der Waals surface area contributed by atoms with Crippen LogP contribution in [0.1, 0.15) is 18.4 Å². The van der Waals surface area contributed by atoms with Gasteiger partial charge in [-0.3, -0.25) is 14.6 Å². The zero-order valence-electron chi connectivity index (χ0n) is 14.4. The lowest BCUT2D eigenvalue weighted by molar-refractivity contribution is -0.139. The van der Waals surface area contributed by atoms with Gasteiger partial charge in [0.2, 0.25) is 11.9 Å². The Kier molecular flexibility index (Phi) is 4.13. The second-order valence-corrected chi connectivity index (χ2v) is 6.88. The molecule has 1 aromatic carbocycles. The first-order valence-corrected chi connectivity index (χ1v) is 8.64. The molecule has 2 aromatic rings. The molecule has 0 aliphatic carbocycles. The summed E-state index contributed by atoms with van der Waals surface area (Å²) in [6.07, 6.45) is 5.36. The van der Waals surface area contributed by atoms with Crippen LogP contribution in [0.5, 0.6) is 5.75 Å². The van der Waals surface area contributed by atoms with E-state index in [4.69, 9.17) is 4.74 Å². The normalized spacial score (nSPS) is 23.6. The number of likely N-dealkylation sites (tertiary alicyclic amines) is 1. The third-order valence-corrected chi connectivity index (χ3v) is 5.17. The highest BCUT2D eigenvalue weighted by Gasteiger charge is 2.54. The maximum atomic E-state index is 12.8. The van der Waals surface area contributed by atoms with Crippen molar-refractivity contribution in [3.63, 3.8) is 0 Å². The van der Waals surface area contributed by atoms with Crippen LogP contribution in [-0.4, -0.2) is 47.5 Å². The number of anilines is 1. The Labute approximate surface area is 147 Å². The summed E-state index contributed by atoms with van der Waals surface area (Å²) in [5.74, 6) is 1.55. The minimum absolute atomic E-state index is 0.165. The number of carbonyl (C=O) groups is 1. The number of carbonyl (C=O) groups excluding carboxylic acids is 1. The maximum absolute atomic E-state index is 12.8. The predicted molar refractivity (Wildman–Crippen MR) is 94.3 cm³/mol. The van der Waals surface area contributed by atoms with Crippen molar-refractivity contribution in [2.75, 3.05) is 31.6 Å². The fourth-order valence-electron chi connectivity index (χ4n) is 3.88. The van der Waals surface area contributed by atoms with Crippen LogP contribution in [0.4, 0.5) is 5.95 Å². The first-order chi connectivity index (χ1) is 12.2. The molecule has 3 heterocycles. The third kappa shape index (κ3) is 2.98. The fourth-order valence-corrected chi connectivity index (χ4v) is 3.88. The number of β-lactam (4-membered cyclic amide) rings is 1. The average Bonchev–Trinajstić information content (AvgIpc) is 2.67. The molecule has 4 rings (SSSR count). The number of ether oxygens (including phenoxy) is 1. The molecule has 1 atom stereocenters. The molecule has 2 aliphatic heterocycles. The molecule has 0 radical (unpaired) electrons. The zero-order chi connectivity index (χ0) is 17.3. The monoisotopic (exact) mass is 338 g/mol. The van der Waals surface area contributed by atoms with Crippen molar-refractivity contribution in [2.45, 2.75) is 19.4 Å². The second-order valence-electron chi connectivity index (χ2n) is 6.88. The van der Waals surface area contributed by atoms with Gasteiger partial charge in [-0.15, -0.1) is 0 Å². The van der Waals surface area contributed by atoms with Crippen LogP contribution in [0.3, 0.4) is 0 Å². The van der Waals surface area contributed by atoms with Crippen LogP contribution >= 0.6 is 0 Å². The molecule has 1 aromatic heterocycles. The van der Waals surface area contributed by atoms with Gasteiger partial charge in [0.25, 0.3) is 0 Å². The number of piperidine rings is 1. The van der Waals surface area contributed by atoms with Crippen LogP contribution < -0.4 is 9.64 Å². The van der Waals surface area contributed by atoms with E-state index in [9.17, 15) is 4.79 Å². The fraction of sp³-hybridized carbons (Fsp3) is 0.421. The van der Waals surface area contributed by atoms with E-state index >= 15 is 0 Å². The molecule has 2 saturated heterocycles. The zero-order valence-corrected chi connectivity index (χ0v) is 14.4. The summed E-state index contributed by atoms with van der Waals surface area (Å²) in [6.45, 7) is 3.42. The van der Waals surface area contributed by atoms with Crippen molar-refractivity contribution in [1.29, 1.82) is 0 Å². The number of aromatic nitrogens is 2. The van der Waals surface area contributed by atoms with Crippen molar-refractivity contribution in [3.05, 3.63) is 48.3 Å². The number of hydrogen-bond acceptors (Lipinski definition) is 5. The molecule has 6 heteroatoms. The van der Waals surface area contributed by atoms with Gasteiger partial charge in [0.1, 0.15) is 5.75 Å². The summed E-state index contributed by atoms with van der Waals surface area (Å²) in [6, 6.07) is 9.91. The number of hydrogen-bond donors (Lipinski definition) is 0. The molecule has 25 heavy (non-hydrogen) atoms. The van der Waals surface area contributed by atoms with Crippen molar-refractivity contribution < 1.29 is 9.53 Å². The Morgan fingerprint density at radius 3 is 2.60 bits per heavy atom. The molecule has 2 fully saturated rings. The lowest BCUT2D eigenvalue weighted by Crippen LogP contribution is -2.67. The van der Waals surface area contributed by atoms with Gasteiger partial charge in [0.05, 0.1) is 12.5 Å². The van der Waals surface area contributed by atoms with Crippen molar-refractivity contribution in [2.24, 2.45) is 5.41 Å². The standard InChI is InChI=1S/C19H22N4O2/c1-25-16-6-4-15(5-7-16)12-22-11-2-8-19(13-22)14-23(17(19)24)18-20-9-3-10-21-18/h3-7,9-10H,2,8,11-14H2,1H3. The van der Waals surface area contributed by atoms with Gasteiger partial charge in [-0.05, 0) is 43.1 Å².